The van der Waals surface area contributed by atoms with Crippen LogP contribution in [0.2, 0.25) is 0 Å². The summed E-state index contributed by atoms with van der Waals surface area (Å²) in [5.74, 6) is 0. The molecule has 80 valence electrons. The van der Waals surface area contributed by atoms with E-state index in [-0.39, 0.29) is 0 Å². The lowest BCUT2D eigenvalue weighted by Gasteiger charge is -2.10. The lowest BCUT2D eigenvalue weighted by atomic mass is 9.95. The molecule has 0 spiro atoms. The van der Waals surface area contributed by atoms with Gasteiger partial charge in [-0.25, -0.2) is 4.98 Å². The molecule has 0 fully saturated rings. The third-order valence-corrected chi connectivity index (χ3v) is 3.79. The van der Waals surface area contributed by atoms with Crippen LogP contribution in [0.25, 0.3) is 10.6 Å². The van der Waals surface area contributed by atoms with E-state index < -0.39 is 5.41 Å². The van der Waals surface area contributed by atoms with Crippen LogP contribution in [0.4, 0.5) is 0 Å². The molecule has 0 atom stereocenters. The fourth-order valence-electron chi connectivity index (χ4n) is 1.33. The van der Waals surface area contributed by atoms with Crippen LogP contribution in [0, 0.1) is 11.3 Å². The Morgan fingerprint density at radius 2 is 1.94 bits per heavy atom. The summed E-state index contributed by atoms with van der Waals surface area (Å²) in [6, 6.07) is 12.3. The Morgan fingerprint density at radius 1 is 1.25 bits per heavy atom. The van der Waals surface area contributed by atoms with Gasteiger partial charge >= 0.3 is 0 Å². The zero-order valence-corrected chi connectivity index (χ0v) is 10.1. The van der Waals surface area contributed by atoms with E-state index in [1.165, 1.54) is 0 Å². The highest BCUT2D eigenvalue weighted by molar-refractivity contribution is 7.15. The molecule has 0 aliphatic heterocycles. The summed E-state index contributed by atoms with van der Waals surface area (Å²) in [7, 11) is 0. The quantitative estimate of drug-likeness (QED) is 0.787. The molecule has 0 unspecified atom stereocenters. The maximum absolute atomic E-state index is 9.06. The number of thiazole rings is 1. The maximum atomic E-state index is 9.06. The van der Waals surface area contributed by atoms with Gasteiger partial charge in [0.15, 0.2) is 0 Å². The predicted octanol–water partition coefficient (Wildman–Crippen LogP) is 3.61. The summed E-state index contributed by atoms with van der Waals surface area (Å²) in [5, 5.41) is 10.0. The summed E-state index contributed by atoms with van der Waals surface area (Å²) in [6.07, 6.45) is 1.80. The topological polar surface area (TPSA) is 36.7 Å². The van der Waals surface area contributed by atoms with Gasteiger partial charge < -0.3 is 0 Å². The van der Waals surface area contributed by atoms with E-state index in [1.807, 2.05) is 44.2 Å². The highest BCUT2D eigenvalue weighted by Crippen LogP contribution is 2.32. The fraction of sp³-hybridized carbons (Fsp3) is 0.231. The van der Waals surface area contributed by atoms with Crippen molar-refractivity contribution in [1.29, 1.82) is 5.26 Å². The summed E-state index contributed by atoms with van der Waals surface area (Å²) in [6.45, 7) is 3.82. The molecule has 2 nitrogen and oxygen atoms in total. The van der Waals surface area contributed by atoms with E-state index in [4.69, 9.17) is 5.26 Å². The summed E-state index contributed by atoms with van der Waals surface area (Å²) in [5.41, 5.74) is 0.650. The highest BCUT2D eigenvalue weighted by Gasteiger charge is 2.22. The molecule has 0 saturated carbocycles. The Kier molecular flexibility index (Phi) is 2.76. The molecule has 2 rings (SSSR count). The highest BCUT2D eigenvalue weighted by atomic mass is 32.1. The molecule has 0 aliphatic rings. The zero-order valence-electron chi connectivity index (χ0n) is 9.27. The third-order valence-electron chi connectivity index (χ3n) is 2.42. The Labute approximate surface area is 99.2 Å². The first kappa shape index (κ1) is 10.8. The second-order valence-corrected chi connectivity index (χ2v) is 5.16. The Bertz CT molecular complexity index is 520. The molecule has 0 bridgehead atoms. The minimum Gasteiger partial charge on any atom is -0.244 e. The van der Waals surface area contributed by atoms with E-state index in [1.54, 1.807) is 17.5 Å². The molecule has 1 aromatic heterocycles. The van der Waals surface area contributed by atoms with Crippen molar-refractivity contribution in [2.75, 3.05) is 0 Å². The number of nitrogens with zero attached hydrogens (tertiary/aromatic N) is 2. The zero-order chi connectivity index (χ0) is 11.6. The van der Waals surface area contributed by atoms with E-state index in [2.05, 4.69) is 11.1 Å². The van der Waals surface area contributed by atoms with Crippen LogP contribution in [0.3, 0.4) is 0 Å². The van der Waals surface area contributed by atoms with Crippen LogP contribution in [-0.4, -0.2) is 4.98 Å². The van der Waals surface area contributed by atoms with E-state index >= 15 is 0 Å². The minimum atomic E-state index is -0.454. The van der Waals surface area contributed by atoms with Crippen molar-refractivity contribution in [2.45, 2.75) is 19.3 Å². The first-order valence-electron chi connectivity index (χ1n) is 5.06. The van der Waals surface area contributed by atoms with Crippen LogP contribution in [0.15, 0.2) is 36.5 Å². The number of nitriles is 1. The van der Waals surface area contributed by atoms with Crippen molar-refractivity contribution in [1.82, 2.24) is 4.98 Å². The molecule has 3 heteroatoms. The SMILES string of the molecule is CC(C)(C#N)c1cnc(-c2ccccc2)s1. The molecule has 0 N–H and O–H groups in total. The maximum Gasteiger partial charge on any atom is 0.123 e. The molecule has 0 saturated heterocycles. The molecular weight excluding hydrogens is 216 g/mol. The molecular formula is C13H12N2S. The van der Waals surface area contributed by atoms with Gasteiger partial charge in [-0.3, -0.25) is 0 Å². The Morgan fingerprint density at radius 3 is 2.56 bits per heavy atom. The molecule has 1 aromatic carbocycles. The standard InChI is InChI=1S/C13H12N2S/c1-13(2,9-14)11-8-15-12(16-11)10-6-4-3-5-7-10/h3-8H,1-2H3. The van der Waals surface area contributed by atoms with Gasteiger partial charge in [0.25, 0.3) is 0 Å². The van der Waals surface area contributed by atoms with Gasteiger partial charge in [0, 0.05) is 16.6 Å². The largest absolute Gasteiger partial charge is 0.244 e. The van der Waals surface area contributed by atoms with E-state index in [0.717, 1.165) is 15.4 Å². The lowest BCUT2D eigenvalue weighted by molar-refractivity contribution is 0.701. The number of hydrogen-bond donors (Lipinski definition) is 0. The van der Waals surface area contributed by atoms with Crippen LogP contribution in [0.1, 0.15) is 18.7 Å². The Balaban J connectivity index is 2.39. The van der Waals surface area contributed by atoms with Crippen molar-refractivity contribution >= 4 is 11.3 Å². The van der Waals surface area contributed by atoms with Crippen LogP contribution in [-0.2, 0) is 5.41 Å². The molecule has 0 aliphatic carbocycles. The second-order valence-electron chi connectivity index (χ2n) is 4.13. The van der Waals surface area contributed by atoms with Crippen LogP contribution >= 0.6 is 11.3 Å². The van der Waals surface area contributed by atoms with Gasteiger partial charge in [-0.1, -0.05) is 30.3 Å². The van der Waals surface area contributed by atoms with E-state index in [9.17, 15) is 0 Å². The Hall–Kier alpha value is -1.66. The number of rotatable bonds is 2. The average molecular weight is 228 g/mol. The van der Waals surface area contributed by atoms with Crippen molar-refractivity contribution in [3.05, 3.63) is 41.4 Å². The van der Waals surface area contributed by atoms with Crippen molar-refractivity contribution in [3.8, 4) is 16.6 Å². The van der Waals surface area contributed by atoms with Crippen molar-refractivity contribution < 1.29 is 0 Å². The van der Waals surface area contributed by atoms with Gasteiger partial charge in [-0.05, 0) is 13.8 Å². The molecule has 0 amide bonds. The summed E-state index contributed by atoms with van der Waals surface area (Å²) in [4.78, 5) is 5.38. The number of benzene rings is 1. The van der Waals surface area contributed by atoms with Gasteiger partial charge in [0.05, 0.1) is 11.5 Å². The fourth-order valence-corrected chi connectivity index (χ4v) is 2.31. The minimum absolute atomic E-state index is 0.454. The smallest absolute Gasteiger partial charge is 0.123 e. The first-order valence-corrected chi connectivity index (χ1v) is 5.88. The molecule has 2 aromatic rings. The second kappa shape index (κ2) is 4.07. The van der Waals surface area contributed by atoms with Crippen LogP contribution < -0.4 is 0 Å². The summed E-state index contributed by atoms with van der Waals surface area (Å²) < 4.78 is 0. The third kappa shape index (κ3) is 1.98. The average Bonchev–Trinajstić information content (AvgIpc) is 2.80. The van der Waals surface area contributed by atoms with E-state index in [0.29, 0.717) is 0 Å². The molecule has 1 heterocycles. The summed E-state index contributed by atoms with van der Waals surface area (Å²) >= 11 is 1.58. The number of hydrogen-bond acceptors (Lipinski definition) is 3. The number of aromatic nitrogens is 1. The lowest BCUT2D eigenvalue weighted by Crippen LogP contribution is -2.11. The molecule has 16 heavy (non-hydrogen) atoms. The van der Waals surface area contributed by atoms with Gasteiger partial charge in [-0.2, -0.15) is 5.26 Å². The van der Waals surface area contributed by atoms with Crippen molar-refractivity contribution in [3.63, 3.8) is 0 Å². The van der Waals surface area contributed by atoms with Crippen molar-refractivity contribution in [2.24, 2.45) is 0 Å². The first-order chi connectivity index (χ1) is 7.63. The van der Waals surface area contributed by atoms with Gasteiger partial charge in [0.2, 0.25) is 0 Å². The molecule has 0 radical (unpaired) electrons. The van der Waals surface area contributed by atoms with Gasteiger partial charge in [0.1, 0.15) is 5.01 Å². The van der Waals surface area contributed by atoms with Crippen LogP contribution in [0.5, 0.6) is 0 Å². The normalized spacial score (nSPS) is 11.1. The van der Waals surface area contributed by atoms with Gasteiger partial charge in [-0.15, -0.1) is 11.3 Å². The predicted molar refractivity (Wildman–Crippen MR) is 66.2 cm³/mol. The monoisotopic (exact) mass is 228 g/mol.